The van der Waals surface area contributed by atoms with Crippen molar-refractivity contribution in [3.63, 3.8) is 0 Å². The maximum atomic E-state index is 14.4. The van der Waals surface area contributed by atoms with Gasteiger partial charge in [-0.15, -0.1) is 0 Å². The quantitative estimate of drug-likeness (QED) is 0.639. The Kier molecular flexibility index (Phi) is 5.80. The first-order valence-electron chi connectivity index (χ1n) is 11.3. The number of nitrogens with zero attached hydrogens (tertiary/aromatic N) is 3. The van der Waals surface area contributed by atoms with Crippen molar-refractivity contribution < 1.29 is 37.4 Å². The maximum Gasteiger partial charge on any atom is 0.274 e. The molecule has 3 aliphatic rings. The molecular weight excluding hydrogens is 485 g/mol. The summed E-state index contributed by atoms with van der Waals surface area (Å²) in [5.74, 6) is -5.77. The molecule has 2 saturated heterocycles. The second kappa shape index (κ2) is 8.61. The van der Waals surface area contributed by atoms with Crippen molar-refractivity contribution >= 4 is 11.8 Å². The molecule has 2 bridgehead atoms. The molecule has 3 atom stereocenters. The molecule has 3 N–H and O–H groups in total. The van der Waals surface area contributed by atoms with E-state index in [0.717, 1.165) is 6.20 Å². The number of pyridine rings is 1. The van der Waals surface area contributed by atoms with E-state index in [1.807, 2.05) is 0 Å². The van der Waals surface area contributed by atoms with E-state index in [1.165, 1.54) is 21.6 Å². The molecule has 4 heterocycles. The Bertz CT molecular complexity index is 1310. The van der Waals surface area contributed by atoms with Crippen LogP contribution in [0.1, 0.15) is 51.7 Å². The monoisotopic (exact) mass is 508 g/mol. The van der Waals surface area contributed by atoms with Gasteiger partial charge in [0.2, 0.25) is 5.43 Å². The van der Waals surface area contributed by atoms with Gasteiger partial charge in [0.15, 0.2) is 11.4 Å². The molecule has 36 heavy (non-hydrogen) atoms. The Morgan fingerprint density at radius 3 is 2.61 bits per heavy atom. The first-order chi connectivity index (χ1) is 17.1. The molecule has 1 aromatic carbocycles. The number of methoxy groups -OCH3 is 1. The van der Waals surface area contributed by atoms with E-state index in [4.69, 9.17) is 15.3 Å². The number of benzene rings is 1. The van der Waals surface area contributed by atoms with Crippen molar-refractivity contribution in [3.8, 4) is 5.75 Å². The first-order valence-corrected chi connectivity index (χ1v) is 11.3. The molecule has 1 unspecified atom stereocenters. The number of amides is 2. The molecule has 10 nitrogen and oxygen atoms in total. The highest BCUT2D eigenvalue weighted by Gasteiger charge is 2.56. The van der Waals surface area contributed by atoms with Gasteiger partial charge in [-0.2, -0.15) is 5.06 Å². The molecule has 192 valence electrons. The van der Waals surface area contributed by atoms with Gasteiger partial charge in [0.25, 0.3) is 11.8 Å². The van der Waals surface area contributed by atoms with Crippen LogP contribution in [0.5, 0.6) is 5.75 Å². The van der Waals surface area contributed by atoms with Gasteiger partial charge in [-0.05, 0) is 12.8 Å². The summed E-state index contributed by atoms with van der Waals surface area (Å²) in [4.78, 5) is 45.2. The number of nitrogens with two attached hydrogens (primary N) is 1. The van der Waals surface area contributed by atoms with Crippen LogP contribution in [-0.4, -0.2) is 63.5 Å². The van der Waals surface area contributed by atoms with Crippen molar-refractivity contribution in [2.45, 2.75) is 43.7 Å². The molecule has 2 fully saturated rings. The standard InChI is InChI=1S/C23H23F3N4O6/c1-35-17-7-23(36-30(17)9-12-14(25)5-11(24)6-15(12)26)3-2-4-28-10-16(23)29-8-13(21(27)33)19(31)20(32)18(29)22(28)34/h5-6,8,16-17,32H,2-4,7,9-10H2,1H3,(H2,27,33)/t16-,17?,23+/m1/s1. The average molecular weight is 508 g/mol. The number of rotatable bonds is 4. The lowest BCUT2D eigenvalue weighted by molar-refractivity contribution is -0.253. The molecule has 1 aromatic heterocycles. The minimum atomic E-state index is -1.10. The SMILES string of the molecule is COC1C[C@]2(CCCN3C[C@H]2n2cc(C(N)=O)c(=O)c(O)c2C3=O)ON1Cc1c(F)cc(F)cc1F. The molecular formula is C23H23F3N4O6. The van der Waals surface area contributed by atoms with E-state index in [0.29, 0.717) is 31.5 Å². The summed E-state index contributed by atoms with van der Waals surface area (Å²) in [6.45, 7) is 0.0305. The summed E-state index contributed by atoms with van der Waals surface area (Å²) in [6, 6.07) is 0.439. The van der Waals surface area contributed by atoms with Gasteiger partial charge in [-0.3, -0.25) is 19.2 Å². The minimum absolute atomic E-state index is 0.121. The number of ether oxygens (including phenoxy) is 1. The van der Waals surface area contributed by atoms with Gasteiger partial charge in [0, 0.05) is 50.5 Å². The summed E-state index contributed by atoms with van der Waals surface area (Å²) in [5.41, 5.74) is 1.97. The number of halogens is 3. The number of hydrogen-bond acceptors (Lipinski definition) is 7. The number of carbonyl (C=O) groups excluding carboxylic acids is 2. The molecule has 13 heteroatoms. The van der Waals surface area contributed by atoms with E-state index in [-0.39, 0.29) is 18.7 Å². The van der Waals surface area contributed by atoms with Gasteiger partial charge < -0.3 is 25.0 Å². The third kappa shape index (κ3) is 3.65. The Morgan fingerprint density at radius 1 is 1.28 bits per heavy atom. The van der Waals surface area contributed by atoms with Crippen LogP contribution in [0.15, 0.2) is 23.1 Å². The lowest BCUT2D eigenvalue weighted by atomic mass is 9.85. The smallest absolute Gasteiger partial charge is 0.274 e. The lowest BCUT2D eigenvalue weighted by Gasteiger charge is -2.41. The van der Waals surface area contributed by atoms with Crippen molar-refractivity contribution in [1.29, 1.82) is 0 Å². The number of aromatic hydroxyl groups is 1. The lowest BCUT2D eigenvalue weighted by Crippen LogP contribution is -2.51. The topological polar surface area (TPSA) is 127 Å². The van der Waals surface area contributed by atoms with E-state index in [1.54, 1.807) is 0 Å². The number of fused-ring (bicyclic) bond motifs is 5. The third-order valence-corrected chi connectivity index (χ3v) is 7.16. The fraction of sp³-hybridized carbons (Fsp3) is 0.435. The van der Waals surface area contributed by atoms with Crippen LogP contribution in [0, 0.1) is 17.5 Å². The minimum Gasteiger partial charge on any atom is -0.503 e. The maximum absolute atomic E-state index is 14.4. The number of hydroxylamine groups is 2. The predicted molar refractivity (Wildman–Crippen MR) is 116 cm³/mol. The van der Waals surface area contributed by atoms with Gasteiger partial charge in [-0.25, -0.2) is 13.2 Å². The Hall–Kier alpha value is -3.42. The third-order valence-electron chi connectivity index (χ3n) is 7.16. The Balaban J connectivity index is 1.59. The van der Waals surface area contributed by atoms with Crippen LogP contribution in [0.25, 0.3) is 0 Å². The van der Waals surface area contributed by atoms with Crippen LogP contribution >= 0.6 is 0 Å². The summed E-state index contributed by atoms with van der Waals surface area (Å²) < 4.78 is 49.0. The van der Waals surface area contributed by atoms with Gasteiger partial charge in [0.05, 0.1) is 12.6 Å². The van der Waals surface area contributed by atoms with Crippen LogP contribution < -0.4 is 11.2 Å². The second-order valence-corrected chi connectivity index (χ2v) is 9.18. The van der Waals surface area contributed by atoms with E-state index < -0.39 is 76.0 Å². The number of carbonyl (C=O) groups is 2. The molecule has 0 radical (unpaired) electrons. The normalized spacial score (nSPS) is 25.8. The number of hydrogen-bond donors (Lipinski definition) is 2. The zero-order chi connectivity index (χ0) is 25.9. The van der Waals surface area contributed by atoms with Crippen LogP contribution in [0.2, 0.25) is 0 Å². The predicted octanol–water partition coefficient (Wildman–Crippen LogP) is 1.41. The molecule has 2 amide bonds. The summed E-state index contributed by atoms with van der Waals surface area (Å²) in [7, 11) is 1.40. The Morgan fingerprint density at radius 2 is 1.97 bits per heavy atom. The molecule has 2 aromatic rings. The highest BCUT2D eigenvalue weighted by molar-refractivity contribution is 5.98. The van der Waals surface area contributed by atoms with Crippen molar-refractivity contribution in [1.82, 2.24) is 14.5 Å². The zero-order valence-electron chi connectivity index (χ0n) is 19.2. The van der Waals surface area contributed by atoms with Crippen LogP contribution in [-0.2, 0) is 16.1 Å². The van der Waals surface area contributed by atoms with Crippen LogP contribution in [0.4, 0.5) is 13.2 Å². The van der Waals surface area contributed by atoms with Crippen molar-refractivity contribution in [2.75, 3.05) is 20.2 Å². The molecule has 0 saturated carbocycles. The van der Waals surface area contributed by atoms with Gasteiger partial charge >= 0.3 is 0 Å². The Labute approximate surface area is 202 Å². The molecule has 0 aliphatic carbocycles. The summed E-state index contributed by atoms with van der Waals surface area (Å²) in [5, 5.41) is 11.8. The fourth-order valence-corrected chi connectivity index (χ4v) is 5.42. The van der Waals surface area contributed by atoms with Gasteiger partial charge in [0.1, 0.15) is 34.8 Å². The largest absolute Gasteiger partial charge is 0.503 e. The summed E-state index contributed by atoms with van der Waals surface area (Å²) >= 11 is 0. The highest BCUT2D eigenvalue weighted by atomic mass is 19.1. The number of primary amides is 1. The summed E-state index contributed by atoms with van der Waals surface area (Å²) in [6.07, 6.45) is 1.42. The molecule has 1 spiro atoms. The van der Waals surface area contributed by atoms with E-state index in [2.05, 4.69) is 0 Å². The van der Waals surface area contributed by atoms with E-state index in [9.17, 15) is 32.7 Å². The average Bonchev–Trinajstić information content (AvgIpc) is 3.08. The first kappa shape index (κ1) is 24.3. The van der Waals surface area contributed by atoms with Crippen molar-refractivity contribution in [2.24, 2.45) is 5.73 Å². The van der Waals surface area contributed by atoms with E-state index >= 15 is 0 Å². The molecule has 5 rings (SSSR count). The second-order valence-electron chi connectivity index (χ2n) is 9.18. The van der Waals surface area contributed by atoms with Crippen LogP contribution in [0.3, 0.4) is 0 Å². The van der Waals surface area contributed by atoms with Gasteiger partial charge in [-0.1, -0.05) is 0 Å². The zero-order valence-corrected chi connectivity index (χ0v) is 19.2. The fourth-order valence-electron chi connectivity index (χ4n) is 5.42. The molecule has 3 aliphatic heterocycles. The number of aromatic nitrogens is 1. The highest BCUT2D eigenvalue weighted by Crippen LogP contribution is 2.48. The van der Waals surface area contributed by atoms with Crippen molar-refractivity contribution in [3.05, 3.63) is 62.8 Å².